The molecule has 2 aromatic rings. The molecule has 0 bridgehead atoms. The van der Waals surface area contributed by atoms with Crippen LogP contribution in [0.15, 0.2) is 41.8 Å². The van der Waals surface area contributed by atoms with Crippen LogP contribution in [0.5, 0.6) is 11.5 Å². The molecule has 0 N–H and O–H groups in total. The van der Waals surface area contributed by atoms with Crippen LogP contribution in [-0.2, 0) is 16.1 Å². The molecule has 3 rings (SSSR count). The lowest BCUT2D eigenvalue weighted by Crippen LogP contribution is -2.16. The maximum Gasteiger partial charge on any atom is 0.316 e. The topological polar surface area (TPSA) is 66.8 Å². The Bertz CT molecular complexity index is 902. The fourth-order valence-corrected chi connectivity index (χ4v) is 3.74. The van der Waals surface area contributed by atoms with Crippen molar-refractivity contribution in [1.29, 1.82) is 0 Å². The Labute approximate surface area is 168 Å². The van der Waals surface area contributed by atoms with Crippen LogP contribution in [0.3, 0.4) is 0 Å². The third kappa shape index (κ3) is 4.59. The zero-order valence-electron chi connectivity index (χ0n) is 16.0. The van der Waals surface area contributed by atoms with E-state index in [4.69, 9.17) is 14.2 Å². The fraction of sp³-hybridized carbons (Fsp3) is 0.333. The van der Waals surface area contributed by atoms with Crippen molar-refractivity contribution in [2.24, 2.45) is 0 Å². The summed E-state index contributed by atoms with van der Waals surface area (Å²) in [4.78, 5) is 25.3. The molecule has 148 valence electrons. The Balaban J connectivity index is 1.51. The van der Waals surface area contributed by atoms with Crippen LogP contribution in [0.4, 0.5) is 0 Å². The highest BCUT2D eigenvalue weighted by molar-refractivity contribution is 8.00. The third-order valence-electron chi connectivity index (χ3n) is 4.42. The predicted molar refractivity (Wildman–Crippen MR) is 108 cm³/mol. The second-order valence-corrected chi connectivity index (χ2v) is 7.41. The van der Waals surface area contributed by atoms with Gasteiger partial charge in [-0.1, -0.05) is 6.08 Å². The summed E-state index contributed by atoms with van der Waals surface area (Å²) in [5, 5.41) is 0. The maximum atomic E-state index is 12.4. The molecule has 6 nitrogen and oxygen atoms in total. The number of aryl methyl sites for hydroxylation is 1. The van der Waals surface area contributed by atoms with Gasteiger partial charge in [0.25, 0.3) is 0 Å². The molecule has 0 amide bonds. The molecule has 0 atom stereocenters. The number of rotatable bonds is 8. The first-order valence-electron chi connectivity index (χ1n) is 8.98. The van der Waals surface area contributed by atoms with E-state index in [9.17, 15) is 9.59 Å². The lowest BCUT2D eigenvalue weighted by Gasteiger charge is -2.18. The second kappa shape index (κ2) is 9.01. The molecule has 1 aromatic carbocycles. The summed E-state index contributed by atoms with van der Waals surface area (Å²) >= 11 is 1.33. The number of carbonyl (C=O) groups excluding carboxylic acids is 2. The van der Waals surface area contributed by atoms with Crippen LogP contribution < -0.4 is 9.47 Å². The average Bonchev–Trinajstić information content (AvgIpc) is 2.99. The Morgan fingerprint density at radius 3 is 2.71 bits per heavy atom. The van der Waals surface area contributed by atoms with E-state index >= 15 is 0 Å². The number of thioether (sulfide) groups is 1. The van der Waals surface area contributed by atoms with Crippen LogP contribution in [0.1, 0.15) is 21.7 Å². The molecule has 1 aliphatic rings. The van der Waals surface area contributed by atoms with E-state index in [0.717, 1.165) is 16.3 Å². The molecule has 0 saturated carbocycles. The molecule has 1 aromatic heterocycles. The SMILES string of the molecule is C=CCn1c(C)cc(C(=O)COC(=O)CSc2ccc3c(c2)OCCO3)c1C. The molecule has 0 unspecified atom stereocenters. The van der Waals surface area contributed by atoms with E-state index in [1.807, 2.05) is 42.7 Å². The van der Waals surface area contributed by atoms with Crippen LogP contribution >= 0.6 is 11.8 Å². The summed E-state index contributed by atoms with van der Waals surface area (Å²) in [6.07, 6.45) is 1.78. The number of Topliss-reactive ketones (excluding diaryl/α,β-unsaturated/α-hetero) is 1. The Kier molecular flexibility index (Phi) is 6.46. The zero-order chi connectivity index (χ0) is 20.1. The van der Waals surface area contributed by atoms with Crippen molar-refractivity contribution in [3.63, 3.8) is 0 Å². The normalized spacial score (nSPS) is 12.5. The monoisotopic (exact) mass is 401 g/mol. The van der Waals surface area contributed by atoms with E-state index in [2.05, 4.69) is 6.58 Å². The first kappa shape index (κ1) is 20.1. The molecule has 0 saturated heterocycles. The number of allylic oxidation sites excluding steroid dienone is 1. The summed E-state index contributed by atoms with van der Waals surface area (Å²) in [6.45, 7) is 8.96. The summed E-state index contributed by atoms with van der Waals surface area (Å²) in [7, 11) is 0. The zero-order valence-corrected chi connectivity index (χ0v) is 16.8. The molecule has 28 heavy (non-hydrogen) atoms. The summed E-state index contributed by atoms with van der Waals surface area (Å²) in [5.41, 5.74) is 2.40. The van der Waals surface area contributed by atoms with Gasteiger partial charge < -0.3 is 18.8 Å². The van der Waals surface area contributed by atoms with Crippen molar-refractivity contribution in [2.45, 2.75) is 25.3 Å². The van der Waals surface area contributed by atoms with Gasteiger partial charge in [-0.05, 0) is 38.1 Å². The van der Waals surface area contributed by atoms with E-state index in [0.29, 0.717) is 36.8 Å². The predicted octanol–water partition coefficient (Wildman–Crippen LogP) is 3.58. The number of hydrogen-bond acceptors (Lipinski definition) is 6. The van der Waals surface area contributed by atoms with Crippen molar-refractivity contribution in [3.8, 4) is 11.5 Å². The second-order valence-electron chi connectivity index (χ2n) is 6.36. The van der Waals surface area contributed by atoms with Gasteiger partial charge in [-0.25, -0.2) is 0 Å². The van der Waals surface area contributed by atoms with Crippen molar-refractivity contribution in [3.05, 3.63) is 53.9 Å². The molecule has 0 spiro atoms. The number of aromatic nitrogens is 1. The number of esters is 1. The third-order valence-corrected chi connectivity index (χ3v) is 5.39. The maximum absolute atomic E-state index is 12.4. The first-order chi connectivity index (χ1) is 13.5. The largest absolute Gasteiger partial charge is 0.486 e. The van der Waals surface area contributed by atoms with Gasteiger partial charge in [-0.2, -0.15) is 0 Å². The van der Waals surface area contributed by atoms with Gasteiger partial charge in [0.15, 0.2) is 18.1 Å². The lowest BCUT2D eigenvalue weighted by atomic mass is 10.1. The lowest BCUT2D eigenvalue weighted by molar-refractivity contribution is -0.139. The minimum Gasteiger partial charge on any atom is -0.486 e. The van der Waals surface area contributed by atoms with Crippen molar-refractivity contribution < 1.29 is 23.8 Å². The standard InChI is InChI=1S/C21H23NO5S/c1-4-7-22-14(2)10-17(15(22)3)18(23)12-27-21(24)13-28-16-5-6-19-20(11-16)26-9-8-25-19/h4-6,10-11H,1,7-9,12-13H2,2-3H3. The van der Waals surface area contributed by atoms with Gasteiger partial charge in [-0.3, -0.25) is 9.59 Å². The van der Waals surface area contributed by atoms with Crippen molar-refractivity contribution in [1.82, 2.24) is 4.57 Å². The number of fused-ring (bicyclic) bond motifs is 1. The average molecular weight is 401 g/mol. The van der Waals surface area contributed by atoms with Gasteiger partial charge in [-0.15, -0.1) is 18.3 Å². The quantitative estimate of drug-likeness (QED) is 0.292. The minimum atomic E-state index is -0.437. The van der Waals surface area contributed by atoms with E-state index in [1.165, 1.54) is 11.8 Å². The molecule has 0 aliphatic carbocycles. The molecule has 0 fully saturated rings. The Morgan fingerprint density at radius 1 is 1.21 bits per heavy atom. The number of ether oxygens (including phenoxy) is 3. The highest BCUT2D eigenvalue weighted by atomic mass is 32.2. The van der Waals surface area contributed by atoms with Crippen LogP contribution in [0, 0.1) is 13.8 Å². The molecule has 0 radical (unpaired) electrons. The van der Waals surface area contributed by atoms with Gasteiger partial charge in [0.05, 0.1) is 5.75 Å². The summed E-state index contributed by atoms with van der Waals surface area (Å²) < 4.78 is 18.2. The van der Waals surface area contributed by atoms with Crippen molar-refractivity contribution >= 4 is 23.5 Å². The van der Waals surface area contributed by atoms with Crippen LogP contribution in [0.2, 0.25) is 0 Å². The van der Waals surface area contributed by atoms with E-state index < -0.39 is 5.97 Å². The highest BCUT2D eigenvalue weighted by Gasteiger charge is 2.17. The molecular formula is C21H23NO5S. The molecule has 2 heterocycles. The molecular weight excluding hydrogens is 378 g/mol. The summed E-state index contributed by atoms with van der Waals surface area (Å²) in [6, 6.07) is 7.35. The number of benzene rings is 1. The smallest absolute Gasteiger partial charge is 0.316 e. The number of hydrogen-bond donors (Lipinski definition) is 0. The van der Waals surface area contributed by atoms with E-state index in [1.54, 1.807) is 6.08 Å². The number of nitrogens with zero attached hydrogens (tertiary/aromatic N) is 1. The fourth-order valence-electron chi connectivity index (χ4n) is 3.01. The minimum absolute atomic E-state index is 0.114. The van der Waals surface area contributed by atoms with Crippen LogP contribution in [-0.4, -0.2) is 41.9 Å². The van der Waals surface area contributed by atoms with Gasteiger partial charge >= 0.3 is 5.97 Å². The number of carbonyl (C=O) groups is 2. The van der Waals surface area contributed by atoms with Crippen molar-refractivity contribution in [2.75, 3.05) is 25.6 Å². The molecule has 7 heteroatoms. The molecule has 1 aliphatic heterocycles. The Morgan fingerprint density at radius 2 is 1.96 bits per heavy atom. The van der Waals surface area contributed by atoms with Crippen LogP contribution in [0.25, 0.3) is 0 Å². The highest BCUT2D eigenvalue weighted by Crippen LogP contribution is 2.34. The van der Waals surface area contributed by atoms with E-state index in [-0.39, 0.29) is 18.1 Å². The first-order valence-corrected chi connectivity index (χ1v) is 9.97. The van der Waals surface area contributed by atoms with Gasteiger partial charge in [0, 0.05) is 28.4 Å². The van der Waals surface area contributed by atoms with Gasteiger partial charge in [0.2, 0.25) is 5.78 Å². The van der Waals surface area contributed by atoms with Gasteiger partial charge in [0.1, 0.15) is 13.2 Å². The summed E-state index contributed by atoms with van der Waals surface area (Å²) in [5.74, 6) is 0.851. The number of ketones is 1. The Hall–Kier alpha value is -2.67.